The van der Waals surface area contributed by atoms with Crippen LogP contribution in [0, 0.1) is 0 Å². The molecule has 1 aliphatic heterocycles. The van der Waals surface area contributed by atoms with Gasteiger partial charge in [0.1, 0.15) is 0 Å². The van der Waals surface area contributed by atoms with E-state index in [0.29, 0.717) is 13.1 Å². The molecular formula is C18H21N3OS. The predicted molar refractivity (Wildman–Crippen MR) is 98.5 cm³/mol. The van der Waals surface area contributed by atoms with Crippen LogP contribution in [0.5, 0.6) is 0 Å². The predicted octanol–water partition coefficient (Wildman–Crippen LogP) is 3.97. The van der Waals surface area contributed by atoms with Crippen molar-refractivity contribution in [3.63, 3.8) is 0 Å². The number of hydrogen-bond acceptors (Lipinski definition) is 3. The number of thioether (sulfide) groups is 1. The van der Waals surface area contributed by atoms with E-state index in [2.05, 4.69) is 34.8 Å². The van der Waals surface area contributed by atoms with E-state index in [-0.39, 0.29) is 5.91 Å². The number of likely N-dealkylation sites (N-methyl/N-ethyl adjacent to an activating group) is 1. The molecule has 120 valence electrons. The summed E-state index contributed by atoms with van der Waals surface area (Å²) in [5.74, 6) is 0.0537. The highest BCUT2D eigenvalue weighted by atomic mass is 32.2. The van der Waals surface area contributed by atoms with Gasteiger partial charge in [-0.15, -0.1) is 0 Å². The van der Waals surface area contributed by atoms with Gasteiger partial charge in [0.25, 0.3) is 5.91 Å². The fourth-order valence-electron chi connectivity index (χ4n) is 2.83. The average Bonchev–Trinajstić information content (AvgIpc) is 3.07. The highest BCUT2D eigenvalue weighted by molar-refractivity contribution is 8.18. The number of aryl methyl sites for hydroxylation is 1. The molecule has 1 aromatic heterocycles. The summed E-state index contributed by atoms with van der Waals surface area (Å²) in [6, 6.07) is 8.31. The van der Waals surface area contributed by atoms with Crippen molar-refractivity contribution in [3.8, 4) is 0 Å². The van der Waals surface area contributed by atoms with Crippen LogP contribution in [0.1, 0.15) is 26.3 Å². The van der Waals surface area contributed by atoms with Crippen LogP contribution in [0.2, 0.25) is 0 Å². The van der Waals surface area contributed by atoms with Gasteiger partial charge < -0.3 is 4.57 Å². The third-order valence-electron chi connectivity index (χ3n) is 3.94. The molecule has 2 heterocycles. The van der Waals surface area contributed by atoms with Crippen LogP contribution in [0.3, 0.4) is 0 Å². The summed E-state index contributed by atoms with van der Waals surface area (Å²) in [5, 5.41) is 1.99. The monoisotopic (exact) mass is 327 g/mol. The maximum absolute atomic E-state index is 12.6. The molecule has 0 atom stereocenters. The number of fused-ring (bicyclic) bond motifs is 1. The molecule has 0 N–H and O–H groups in total. The van der Waals surface area contributed by atoms with Gasteiger partial charge in [0.2, 0.25) is 0 Å². The third kappa shape index (κ3) is 2.81. The summed E-state index contributed by atoms with van der Waals surface area (Å²) in [5.41, 5.74) is 2.29. The molecule has 0 bridgehead atoms. The second-order valence-electron chi connectivity index (χ2n) is 5.30. The maximum atomic E-state index is 12.6. The molecule has 1 fully saturated rings. The number of rotatable bonds is 4. The standard InChI is InChI=1S/C18H21N3OS/c1-4-19-18-21(6-3)17(22)16(23-18)11-13-12-20(5-2)15-10-8-7-9-14(13)15/h7-12H,4-6H2,1-3H3. The second-order valence-corrected chi connectivity index (χ2v) is 6.31. The molecule has 4 nitrogen and oxygen atoms in total. The molecule has 1 amide bonds. The number of aromatic nitrogens is 1. The topological polar surface area (TPSA) is 37.6 Å². The zero-order chi connectivity index (χ0) is 16.4. The van der Waals surface area contributed by atoms with E-state index in [9.17, 15) is 4.79 Å². The van der Waals surface area contributed by atoms with Crippen LogP contribution in [0.25, 0.3) is 17.0 Å². The second kappa shape index (κ2) is 6.62. The fourth-order valence-corrected chi connectivity index (χ4v) is 3.93. The van der Waals surface area contributed by atoms with Gasteiger partial charge in [-0.25, -0.2) is 0 Å². The zero-order valence-electron chi connectivity index (χ0n) is 13.7. The molecule has 1 saturated heterocycles. The highest BCUT2D eigenvalue weighted by Gasteiger charge is 2.32. The molecule has 1 aliphatic rings. The third-order valence-corrected chi connectivity index (χ3v) is 4.99. The summed E-state index contributed by atoms with van der Waals surface area (Å²) >= 11 is 1.47. The van der Waals surface area contributed by atoms with Gasteiger partial charge in [-0.3, -0.25) is 14.7 Å². The minimum Gasteiger partial charge on any atom is -0.347 e. The van der Waals surface area contributed by atoms with Crippen LogP contribution in [0.15, 0.2) is 40.4 Å². The first-order chi connectivity index (χ1) is 11.2. The summed E-state index contributed by atoms with van der Waals surface area (Å²) in [7, 11) is 0. The van der Waals surface area contributed by atoms with Gasteiger partial charge in [-0.2, -0.15) is 0 Å². The molecule has 0 radical (unpaired) electrons. The minimum atomic E-state index is 0.0537. The molecule has 3 rings (SSSR count). The number of carbonyl (C=O) groups is 1. The number of aliphatic imine (C=N–C) groups is 1. The lowest BCUT2D eigenvalue weighted by molar-refractivity contribution is -0.122. The number of amides is 1. The maximum Gasteiger partial charge on any atom is 0.266 e. The van der Waals surface area contributed by atoms with Crippen molar-refractivity contribution in [1.82, 2.24) is 9.47 Å². The van der Waals surface area contributed by atoms with Gasteiger partial charge in [0, 0.05) is 42.3 Å². The Bertz CT molecular complexity index is 804. The Hall–Kier alpha value is -2.01. The lowest BCUT2D eigenvalue weighted by Gasteiger charge is -2.11. The lowest BCUT2D eigenvalue weighted by atomic mass is 10.1. The number of nitrogens with zero attached hydrogens (tertiary/aromatic N) is 3. The summed E-state index contributed by atoms with van der Waals surface area (Å²) in [6.45, 7) is 8.35. The van der Waals surface area contributed by atoms with Crippen molar-refractivity contribution in [2.24, 2.45) is 4.99 Å². The quantitative estimate of drug-likeness (QED) is 0.797. The minimum absolute atomic E-state index is 0.0537. The summed E-state index contributed by atoms with van der Waals surface area (Å²) in [4.78, 5) is 19.5. The molecule has 0 spiro atoms. The van der Waals surface area contributed by atoms with Gasteiger partial charge >= 0.3 is 0 Å². The highest BCUT2D eigenvalue weighted by Crippen LogP contribution is 2.34. The van der Waals surface area contributed by atoms with Crippen LogP contribution in [-0.4, -0.2) is 33.6 Å². The van der Waals surface area contributed by atoms with Gasteiger partial charge in [-0.1, -0.05) is 18.2 Å². The van der Waals surface area contributed by atoms with E-state index in [0.717, 1.165) is 22.2 Å². The van der Waals surface area contributed by atoms with E-state index in [1.165, 1.54) is 22.7 Å². The first-order valence-corrected chi connectivity index (χ1v) is 8.84. The molecule has 23 heavy (non-hydrogen) atoms. The molecule has 5 heteroatoms. The number of hydrogen-bond donors (Lipinski definition) is 0. The Kier molecular flexibility index (Phi) is 4.57. The van der Waals surface area contributed by atoms with Crippen molar-refractivity contribution in [2.75, 3.05) is 13.1 Å². The van der Waals surface area contributed by atoms with Crippen LogP contribution >= 0.6 is 11.8 Å². The smallest absolute Gasteiger partial charge is 0.266 e. The number of benzene rings is 1. The van der Waals surface area contributed by atoms with E-state index in [1.54, 1.807) is 4.90 Å². The van der Waals surface area contributed by atoms with Crippen molar-refractivity contribution >= 4 is 39.8 Å². The van der Waals surface area contributed by atoms with Gasteiger partial charge in [-0.05, 0) is 44.7 Å². The lowest BCUT2D eigenvalue weighted by Crippen LogP contribution is -2.28. The average molecular weight is 327 g/mol. The fraction of sp³-hybridized carbons (Fsp3) is 0.333. The summed E-state index contributed by atoms with van der Waals surface area (Å²) < 4.78 is 2.21. The van der Waals surface area contributed by atoms with Crippen LogP contribution in [-0.2, 0) is 11.3 Å². The normalized spacial score (nSPS) is 18.7. The molecule has 0 unspecified atom stereocenters. The van der Waals surface area contributed by atoms with Crippen molar-refractivity contribution in [2.45, 2.75) is 27.3 Å². The Morgan fingerprint density at radius 2 is 1.96 bits per heavy atom. The molecule has 1 aromatic carbocycles. The van der Waals surface area contributed by atoms with Crippen molar-refractivity contribution in [3.05, 3.63) is 40.9 Å². The number of para-hydroxylation sites is 1. The van der Waals surface area contributed by atoms with Gasteiger partial charge in [0.05, 0.1) is 4.91 Å². The molecule has 2 aromatic rings. The number of amidine groups is 1. The van der Waals surface area contributed by atoms with Crippen LogP contribution in [0.4, 0.5) is 0 Å². The number of carbonyl (C=O) groups excluding carboxylic acids is 1. The SMILES string of the molecule is CCN=C1SC(=Cc2cn(CC)c3ccccc23)C(=O)N1CC. The van der Waals surface area contributed by atoms with Crippen LogP contribution < -0.4 is 0 Å². The van der Waals surface area contributed by atoms with E-state index in [4.69, 9.17) is 0 Å². The van der Waals surface area contributed by atoms with E-state index in [1.807, 2.05) is 32.1 Å². The molecular weight excluding hydrogens is 306 g/mol. The molecule has 0 aliphatic carbocycles. The first-order valence-electron chi connectivity index (χ1n) is 8.03. The van der Waals surface area contributed by atoms with E-state index >= 15 is 0 Å². The first kappa shape index (κ1) is 15.9. The molecule has 0 saturated carbocycles. The Labute approximate surface area is 140 Å². The Morgan fingerprint density at radius 3 is 2.65 bits per heavy atom. The Morgan fingerprint density at radius 1 is 1.17 bits per heavy atom. The largest absolute Gasteiger partial charge is 0.347 e. The summed E-state index contributed by atoms with van der Waals surface area (Å²) in [6.07, 6.45) is 4.12. The zero-order valence-corrected chi connectivity index (χ0v) is 14.6. The van der Waals surface area contributed by atoms with Gasteiger partial charge in [0.15, 0.2) is 5.17 Å². The van der Waals surface area contributed by atoms with Crippen molar-refractivity contribution < 1.29 is 4.79 Å². The van der Waals surface area contributed by atoms with E-state index < -0.39 is 0 Å². The van der Waals surface area contributed by atoms with Crippen molar-refractivity contribution in [1.29, 1.82) is 0 Å². The Balaban J connectivity index is 2.06.